The second kappa shape index (κ2) is 17.7. The zero-order valence-corrected chi connectivity index (χ0v) is 42.1. The average Bonchev–Trinajstić information content (AvgIpc) is 3.82. The van der Waals surface area contributed by atoms with Crippen LogP contribution >= 0.6 is 0 Å². The number of rotatable bonds is 9. The Bertz CT molecular complexity index is 4080. The van der Waals surface area contributed by atoms with Gasteiger partial charge in [-0.05, 0) is 133 Å². The van der Waals surface area contributed by atoms with Crippen molar-refractivity contribution in [1.82, 2.24) is 4.57 Å². The molecule has 0 fully saturated rings. The molecule has 0 unspecified atom stereocenters. The average molecular weight is 958 g/mol. The highest BCUT2D eigenvalue weighted by molar-refractivity contribution is 7.32. The van der Waals surface area contributed by atoms with Crippen molar-refractivity contribution in [3.05, 3.63) is 290 Å². The van der Waals surface area contributed by atoms with Gasteiger partial charge in [0, 0.05) is 33.5 Å². The van der Waals surface area contributed by atoms with E-state index in [1.165, 1.54) is 52.6 Å². The number of benzene rings is 11. The maximum Gasteiger partial charge on any atom is 0.179 e. The molecule has 0 atom stereocenters. The van der Waals surface area contributed by atoms with E-state index in [-0.39, 0.29) is 29.7 Å². The molecule has 4 heteroatoms. The van der Waals surface area contributed by atoms with E-state index in [9.17, 15) is 0 Å². The van der Waals surface area contributed by atoms with Crippen LogP contribution in [0.4, 0.5) is 17.1 Å². The first-order chi connectivity index (χ1) is 37.6. The SMILES string of the molecule is [2H]c1c([2H])c([2H])c(-c2ccc3c(c2)c2cc(N(c4ccc(C)cc4)c4ccc(C)cc4)ccc2n3-c2cccc([Si]3(c4ccccc4)c4ccccc4[Si](c4ccccc4)(c4ccccc4)c4ccccc43)c2)c([2H])c1[2H]. The lowest BCUT2D eigenvalue weighted by Gasteiger charge is -2.48. The highest BCUT2D eigenvalue weighted by atomic mass is 28.3. The van der Waals surface area contributed by atoms with E-state index in [2.05, 4.69) is 260 Å². The fraction of sp³-hybridized carbons (Fsp3) is 0.0294. The van der Waals surface area contributed by atoms with Gasteiger partial charge in [-0.3, -0.25) is 0 Å². The molecule has 1 aliphatic heterocycles. The second-order valence-corrected chi connectivity index (χ2v) is 26.5. The zero-order chi connectivity index (χ0) is 52.6. The summed E-state index contributed by atoms with van der Waals surface area (Å²) in [5.74, 6) is 0. The predicted octanol–water partition coefficient (Wildman–Crippen LogP) is 11.6. The van der Waals surface area contributed by atoms with E-state index in [1.54, 1.807) is 0 Å². The van der Waals surface area contributed by atoms with Crippen LogP contribution in [-0.4, -0.2) is 20.7 Å². The topological polar surface area (TPSA) is 8.17 Å². The standard InChI is InChI=1S/C68H52N2Si2/c1-49-34-39-53(40-35-49)69(54-41-36-50(2)37-42-54)56-43-45-64-62(48-56)61-46-52(51-20-7-3-8-21-51)38-44-63(61)70(64)55-22-19-29-60(47-55)72(59-27-13-6-14-28-59)67-32-17-15-30-65(67)71(57-23-9-4-10-24-57,58-25-11-5-12-26-58)66-31-16-18-33-68(66)72/h3-48H,1-2H3/i3D,7D,8D,20D,21D. The minimum absolute atomic E-state index is 0.175. The van der Waals surface area contributed by atoms with E-state index >= 15 is 0 Å². The third-order valence-corrected chi connectivity index (χ3v) is 25.3. The van der Waals surface area contributed by atoms with Crippen molar-refractivity contribution in [2.45, 2.75) is 13.8 Å². The Morgan fingerprint density at radius 3 is 1.26 bits per heavy atom. The third kappa shape index (κ3) is 6.82. The summed E-state index contributed by atoms with van der Waals surface area (Å²) in [6.07, 6.45) is 0. The fourth-order valence-electron chi connectivity index (χ4n) is 11.9. The highest BCUT2D eigenvalue weighted by Crippen LogP contribution is 2.41. The fourth-order valence-corrected chi connectivity index (χ4v) is 24.0. The van der Waals surface area contributed by atoms with Crippen LogP contribution in [-0.2, 0) is 0 Å². The van der Waals surface area contributed by atoms with Crippen LogP contribution in [0.25, 0.3) is 38.6 Å². The summed E-state index contributed by atoms with van der Waals surface area (Å²) < 4.78 is 46.1. The van der Waals surface area contributed by atoms with Crippen molar-refractivity contribution >= 4 is 96.5 Å². The van der Waals surface area contributed by atoms with Crippen molar-refractivity contribution < 1.29 is 6.85 Å². The van der Waals surface area contributed by atoms with Crippen LogP contribution in [0.5, 0.6) is 0 Å². The lowest BCUT2D eigenvalue weighted by atomic mass is 10.0. The van der Waals surface area contributed by atoms with E-state index in [4.69, 9.17) is 6.85 Å². The van der Waals surface area contributed by atoms with Crippen LogP contribution in [0.2, 0.25) is 0 Å². The summed E-state index contributed by atoms with van der Waals surface area (Å²) in [6, 6.07) is 89.8. The Hall–Kier alpha value is -8.55. The number of aryl methyl sites for hydroxylation is 2. The first-order valence-corrected chi connectivity index (χ1v) is 28.7. The van der Waals surface area contributed by atoms with Crippen LogP contribution in [0.15, 0.2) is 279 Å². The van der Waals surface area contributed by atoms with E-state index in [0.29, 0.717) is 5.56 Å². The Kier molecular flexibility index (Phi) is 9.40. The van der Waals surface area contributed by atoms with Crippen LogP contribution in [0.1, 0.15) is 18.0 Å². The molecule has 0 radical (unpaired) electrons. The van der Waals surface area contributed by atoms with Crippen molar-refractivity contribution in [3.8, 4) is 16.8 Å². The molecule has 1 aliphatic rings. The number of hydrogen-bond acceptors (Lipinski definition) is 1. The molecule has 342 valence electrons. The van der Waals surface area contributed by atoms with Gasteiger partial charge in [-0.15, -0.1) is 0 Å². The quantitative estimate of drug-likeness (QED) is 0.131. The molecular formula is C68H52N2Si2. The number of aromatic nitrogens is 1. The van der Waals surface area contributed by atoms with Gasteiger partial charge in [-0.25, -0.2) is 0 Å². The summed E-state index contributed by atoms with van der Waals surface area (Å²) in [5, 5.41) is 12.7. The number of hydrogen-bond donors (Lipinski definition) is 0. The van der Waals surface area contributed by atoms with Gasteiger partial charge in [-0.2, -0.15) is 0 Å². The molecule has 0 amide bonds. The first-order valence-electron chi connectivity index (χ1n) is 27.2. The predicted molar refractivity (Wildman–Crippen MR) is 311 cm³/mol. The Morgan fingerprint density at radius 1 is 0.347 bits per heavy atom. The summed E-state index contributed by atoms with van der Waals surface area (Å²) in [6.45, 7) is 4.20. The molecular weight excluding hydrogens is 901 g/mol. The van der Waals surface area contributed by atoms with Crippen LogP contribution in [0, 0.1) is 13.8 Å². The molecule has 2 nitrogen and oxygen atoms in total. The van der Waals surface area contributed by atoms with Gasteiger partial charge in [0.05, 0.1) is 17.9 Å². The minimum Gasteiger partial charge on any atom is -0.310 e. The highest BCUT2D eigenvalue weighted by Gasteiger charge is 2.56. The van der Waals surface area contributed by atoms with Gasteiger partial charge in [0.25, 0.3) is 0 Å². The maximum absolute atomic E-state index is 9.05. The maximum atomic E-state index is 9.05. The summed E-state index contributed by atoms with van der Waals surface area (Å²) >= 11 is 0. The smallest absolute Gasteiger partial charge is 0.179 e. The van der Waals surface area contributed by atoms with E-state index < -0.39 is 22.2 Å². The molecule has 0 N–H and O–H groups in total. The Morgan fingerprint density at radius 2 is 0.764 bits per heavy atom. The molecule has 0 bridgehead atoms. The zero-order valence-electron chi connectivity index (χ0n) is 45.1. The summed E-state index contributed by atoms with van der Waals surface area (Å²) in [5.41, 5.74) is 8.98. The van der Waals surface area contributed by atoms with Crippen molar-refractivity contribution in [2.24, 2.45) is 0 Å². The lowest BCUT2D eigenvalue weighted by Crippen LogP contribution is -2.93. The lowest BCUT2D eigenvalue weighted by molar-refractivity contribution is 1.18. The molecule has 0 spiro atoms. The van der Waals surface area contributed by atoms with Gasteiger partial charge in [0.15, 0.2) is 16.1 Å². The molecule has 0 aliphatic carbocycles. The third-order valence-electron chi connectivity index (χ3n) is 15.0. The monoisotopic (exact) mass is 957 g/mol. The number of fused-ring (bicyclic) bond motifs is 5. The molecule has 1 aromatic heterocycles. The minimum atomic E-state index is -3.18. The normalized spacial score (nSPS) is 14.3. The molecule has 2 heterocycles. The first kappa shape index (κ1) is 38.2. The molecule has 12 aromatic rings. The van der Waals surface area contributed by atoms with Crippen molar-refractivity contribution in [1.29, 1.82) is 0 Å². The van der Waals surface area contributed by atoms with E-state index in [0.717, 1.165) is 44.6 Å². The summed E-state index contributed by atoms with van der Waals surface area (Å²) in [7, 11) is -6.10. The molecule has 0 saturated carbocycles. The Labute approximate surface area is 431 Å². The summed E-state index contributed by atoms with van der Waals surface area (Å²) in [4.78, 5) is 2.28. The molecule has 11 aromatic carbocycles. The Balaban J connectivity index is 1.10. The van der Waals surface area contributed by atoms with Gasteiger partial charge in [-0.1, -0.05) is 223 Å². The van der Waals surface area contributed by atoms with Crippen LogP contribution in [0.3, 0.4) is 0 Å². The molecule has 0 saturated heterocycles. The number of anilines is 3. The van der Waals surface area contributed by atoms with Crippen molar-refractivity contribution in [3.63, 3.8) is 0 Å². The van der Waals surface area contributed by atoms with E-state index in [1.807, 2.05) is 12.1 Å². The largest absolute Gasteiger partial charge is 0.310 e. The van der Waals surface area contributed by atoms with Gasteiger partial charge >= 0.3 is 0 Å². The molecule has 13 rings (SSSR count). The van der Waals surface area contributed by atoms with Crippen molar-refractivity contribution in [2.75, 3.05) is 4.90 Å². The van der Waals surface area contributed by atoms with Crippen LogP contribution < -0.4 is 46.4 Å². The second-order valence-electron chi connectivity index (χ2n) is 19.0. The van der Waals surface area contributed by atoms with Gasteiger partial charge < -0.3 is 9.47 Å². The number of nitrogens with zero attached hydrogens (tertiary/aromatic N) is 2. The molecule has 72 heavy (non-hydrogen) atoms. The van der Waals surface area contributed by atoms with Gasteiger partial charge in [0.2, 0.25) is 0 Å². The van der Waals surface area contributed by atoms with Gasteiger partial charge in [0.1, 0.15) is 0 Å².